The Morgan fingerprint density at radius 1 is 1.33 bits per heavy atom. The highest BCUT2D eigenvalue weighted by molar-refractivity contribution is 5.77. The molecule has 0 radical (unpaired) electrons. The zero-order valence-corrected chi connectivity index (χ0v) is 12.6. The Balaban J connectivity index is 1.80. The Hall–Kier alpha value is -2.02. The first kappa shape index (κ1) is 15.4. The fourth-order valence-electron chi connectivity index (χ4n) is 2.81. The first-order chi connectivity index (χ1) is 10.1. The molecule has 1 aromatic rings. The van der Waals surface area contributed by atoms with Crippen molar-refractivity contribution >= 4 is 5.91 Å². The Morgan fingerprint density at radius 2 is 2.05 bits per heavy atom. The maximum atomic E-state index is 12.0. The van der Waals surface area contributed by atoms with Gasteiger partial charge in [0.15, 0.2) is 6.61 Å². The van der Waals surface area contributed by atoms with Crippen molar-refractivity contribution in [2.75, 3.05) is 6.61 Å². The highest BCUT2D eigenvalue weighted by Gasteiger charge is 2.28. The van der Waals surface area contributed by atoms with Gasteiger partial charge in [-0.2, -0.15) is 5.26 Å². The van der Waals surface area contributed by atoms with E-state index in [1.165, 1.54) is 12.8 Å². The summed E-state index contributed by atoms with van der Waals surface area (Å²) in [5.74, 6) is 1.70. The van der Waals surface area contributed by atoms with Gasteiger partial charge < -0.3 is 10.1 Å². The summed E-state index contributed by atoms with van der Waals surface area (Å²) in [5, 5.41) is 11.8. The van der Waals surface area contributed by atoms with Crippen LogP contribution in [0, 0.1) is 23.2 Å². The zero-order valence-electron chi connectivity index (χ0n) is 12.6. The van der Waals surface area contributed by atoms with Crippen LogP contribution in [0.1, 0.15) is 38.7 Å². The van der Waals surface area contributed by atoms with Crippen LogP contribution in [0.5, 0.6) is 5.75 Å². The van der Waals surface area contributed by atoms with Crippen LogP contribution in [-0.2, 0) is 4.79 Å². The molecule has 1 aliphatic rings. The molecule has 3 atom stereocenters. The van der Waals surface area contributed by atoms with Crippen LogP contribution in [0.4, 0.5) is 0 Å². The summed E-state index contributed by atoms with van der Waals surface area (Å²) in [6.45, 7) is 4.47. The molecule has 4 nitrogen and oxygen atoms in total. The van der Waals surface area contributed by atoms with Crippen molar-refractivity contribution in [3.8, 4) is 11.8 Å². The second-order valence-corrected chi connectivity index (χ2v) is 5.87. The maximum Gasteiger partial charge on any atom is 0.258 e. The fraction of sp³-hybridized carbons (Fsp3) is 0.529. The van der Waals surface area contributed by atoms with Crippen LogP contribution >= 0.6 is 0 Å². The van der Waals surface area contributed by atoms with Crippen LogP contribution < -0.4 is 10.1 Å². The molecule has 4 heteroatoms. The molecule has 112 valence electrons. The lowest BCUT2D eigenvalue weighted by molar-refractivity contribution is -0.124. The van der Waals surface area contributed by atoms with Crippen molar-refractivity contribution < 1.29 is 9.53 Å². The highest BCUT2D eigenvalue weighted by Crippen LogP contribution is 2.29. The van der Waals surface area contributed by atoms with E-state index in [2.05, 4.69) is 19.2 Å². The predicted octanol–water partition coefficient (Wildman–Crippen LogP) is 2.88. The Bertz CT molecular complexity index is 519. The van der Waals surface area contributed by atoms with E-state index < -0.39 is 0 Å². The van der Waals surface area contributed by atoms with Crippen molar-refractivity contribution in [1.29, 1.82) is 5.26 Å². The van der Waals surface area contributed by atoms with Crippen LogP contribution in [0.2, 0.25) is 0 Å². The van der Waals surface area contributed by atoms with E-state index in [9.17, 15) is 4.79 Å². The fourth-order valence-corrected chi connectivity index (χ4v) is 2.81. The van der Waals surface area contributed by atoms with Gasteiger partial charge in [0.1, 0.15) is 5.75 Å². The Labute approximate surface area is 126 Å². The number of nitrogens with zero attached hydrogens (tertiary/aromatic N) is 1. The third kappa shape index (κ3) is 4.22. The molecule has 0 aromatic heterocycles. The number of amides is 1. The number of nitriles is 1. The van der Waals surface area contributed by atoms with E-state index in [0.29, 0.717) is 23.1 Å². The molecular weight excluding hydrogens is 264 g/mol. The summed E-state index contributed by atoms with van der Waals surface area (Å²) >= 11 is 0. The topological polar surface area (TPSA) is 62.1 Å². The number of nitrogens with one attached hydrogen (secondary N) is 1. The molecular formula is C17H22N2O2. The number of carbonyl (C=O) groups excluding carboxylic acids is 1. The van der Waals surface area contributed by atoms with Crippen molar-refractivity contribution in [2.24, 2.45) is 11.8 Å². The van der Waals surface area contributed by atoms with Crippen molar-refractivity contribution in [2.45, 2.75) is 39.2 Å². The van der Waals surface area contributed by atoms with Crippen LogP contribution in [-0.4, -0.2) is 18.6 Å². The summed E-state index contributed by atoms with van der Waals surface area (Å²) in [6.07, 6.45) is 3.47. The second kappa shape index (κ2) is 7.12. The van der Waals surface area contributed by atoms with Gasteiger partial charge in [-0.1, -0.05) is 26.7 Å². The summed E-state index contributed by atoms with van der Waals surface area (Å²) in [6, 6.07) is 9.07. The molecule has 0 aliphatic heterocycles. The molecule has 1 fully saturated rings. The van der Waals surface area contributed by atoms with E-state index in [0.717, 1.165) is 6.42 Å². The minimum Gasteiger partial charge on any atom is -0.484 e. The smallest absolute Gasteiger partial charge is 0.258 e. The average Bonchev–Trinajstić information content (AvgIpc) is 2.50. The van der Waals surface area contributed by atoms with Crippen LogP contribution in [0.15, 0.2) is 24.3 Å². The third-order valence-corrected chi connectivity index (χ3v) is 4.41. The summed E-state index contributed by atoms with van der Waals surface area (Å²) in [5.41, 5.74) is 0.580. The zero-order chi connectivity index (χ0) is 15.2. The number of carbonyl (C=O) groups is 1. The van der Waals surface area contributed by atoms with E-state index in [-0.39, 0.29) is 18.6 Å². The minimum absolute atomic E-state index is 0.0174. The molecule has 1 aromatic carbocycles. The lowest BCUT2D eigenvalue weighted by Crippen LogP contribution is -2.45. The number of hydrogen-bond donors (Lipinski definition) is 1. The second-order valence-electron chi connectivity index (χ2n) is 5.87. The number of benzene rings is 1. The lowest BCUT2D eigenvalue weighted by Gasteiger charge is -2.34. The van der Waals surface area contributed by atoms with Gasteiger partial charge in [0.05, 0.1) is 11.6 Å². The first-order valence-electron chi connectivity index (χ1n) is 7.52. The number of hydrogen-bond acceptors (Lipinski definition) is 3. The van der Waals surface area contributed by atoms with Crippen LogP contribution in [0.3, 0.4) is 0 Å². The largest absolute Gasteiger partial charge is 0.484 e. The summed E-state index contributed by atoms with van der Waals surface area (Å²) < 4.78 is 5.45. The van der Waals surface area contributed by atoms with Gasteiger partial charge in [-0.15, -0.1) is 0 Å². The average molecular weight is 286 g/mol. The van der Waals surface area contributed by atoms with Crippen molar-refractivity contribution in [3.63, 3.8) is 0 Å². The van der Waals surface area contributed by atoms with Gasteiger partial charge in [-0.25, -0.2) is 0 Å². The number of rotatable bonds is 4. The van der Waals surface area contributed by atoms with Gasteiger partial charge in [-0.3, -0.25) is 4.79 Å². The molecule has 3 unspecified atom stereocenters. The molecule has 0 bridgehead atoms. The van der Waals surface area contributed by atoms with E-state index in [4.69, 9.17) is 10.00 Å². The van der Waals surface area contributed by atoms with Crippen molar-refractivity contribution in [1.82, 2.24) is 5.32 Å². The van der Waals surface area contributed by atoms with Crippen LogP contribution in [0.25, 0.3) is 0 Å². The van der Waals surface area contributed by atoms with Gasteiger partial charge in [0.2, 0.25) is 0 Å². The minimum atomic E-state index is -0.0784. The quantitative estimate of drug-likeness (QED) is 0.925. The highest BCUT2D eigenvalue weighted by atomic mass is 16.5. The lowest BCUT2D eigenvalue weighted by atomic mass is 9.78. The van der Waals surface area contributed by atoms with Crippen molar-refractivity contribution in [3.05, 3.63) is 29.8 Å². The molecule has 0 saturated heterocycles. The predicted molar refractivity (Wildman–Crippen MR) is 80.8 cm³/mol. The molecule has 1 amide bonds. The Morgan fingerprint density at radius 3 is 2.71 bits per heavy atom. The standard InChI is InChI=1S/C17H22N2O2/c1-12-4-3-5-16(13(12)2)19-17(20)11-21-15-8-6-14(10-18)7-9-15/h6-9,12-13,16H,3-5,11H2,1-2H3,(H,19,20). The Kier molecular flexibility index (Phi) is 5.21. The molecule has 21 heavy (non-hydrogen) atoms. The van der Waals surface area contributed by atoms with Gasteiger partial charge in [0, 0.05) is 6.04 Å². The molecule has 1 N–H and O–H groups in total. The van der Waals surface area contributed by atoms with Gasteiger partial charge >= 0.3 is 0 Å². The normalized spacial score (nSPS) is 24.9. The van der Waals surface area contributed by atoms with Gasteiger partial charge in [0.25, 0.3) is 5.91 Å². The molecule has 0 heterocycles. The summed E-state index contributed by atoms with van der Waals surface area (Å²) in [7, 11) is 0. The number of ether oxygens (including phenoxy) is 1. The third-order valence-electron chi connectivity index (χ3n) is 4.41. The van der Waals surface area contributed by atoms with Gasteiger partial charge in [-0.05, 0) is 42.5 Å². The monoisotopic (exact) mass is 286 g/mol. The van der Waals surface area contributed by atoms with E-state index >= 15 is 0 Å². The molecule has 1 aliphatic carbocycles. The molecule has 0 spiro atoms. The molecule has 2 rings (SSSR count). The van der Waals surface area contributed by atoms with E-state index in [1.807, 2.05) is 6.07 Å². The summed E-state index contributed by atoms with van der Waals surface area (Å²) in [4.78, 5) is 12.0. The SMILES string of the molecule is CC1CCCC(NC(=O)COc2ccc(C#N)cc2)C1C. The molecule has 1 saturated carbocycles. The maximum absolute atomic E-state index is 12.0. The van der Waals surface area contributed by atoms with E-state index in [1.54, 1.807) is 24.3 Å². The first-order valence-corrected chi connectivity index (χ1v) is 7.52.